The summed E-state index contributed by atoms with van der Waals surface area (Å²) in [6, 6.07) is 0.621. The first kappa shape index (κ1) is 13.3. The van der Waals surface area contributed by atoms with Gasteiger partial charge >= 0.3 is 0 Å². The first-order valence-electron chi connectivity index (χ1n) is 7.18. The van der Waals surface area contributed by atoms with Crippen molar-refractivity contribution >= 4 is 0 Å². The molecule has 0 heterocycles. The third-order valence-electron chi connectivity index (χ3n) is 4.71. The summed E-state index contributed by atoms with van der Waals surface area (Å²) in [7, 11) is 0. The number of hydrogen-bond acceptors (Lipinski definition) is 3. The molecule has 2 aliphatic rings. The van der Waals surface area contributed by atoms with Crippen molar-refractivity contribution in [3.05, 3.63) is 0 Å². The van der Waals surface area contributed by atoms with Gasteiger partial charge in [0.1, 0.15) is 0 Å². The highest BCUT2D eigenvalue weighted by Crippen LogP contribution is 2.54. The summed E-state index contributed by atoms with van der Waals surface area (Å²) < 4.78 is 5.89. The Kier molecular flexibility index (Phi) is 4.45. The van der Waals surface area contributed by atoms with Crippen LogP contribution in [0, 0.1) is 11.3 Å². The second kappa shape index (κ2) is 5.68. The maximum atomic E-state index is 9.07. The average Bonchev–Trinajstić information content (AvgIpc) is 2.84. The van der Waals surface area contributed by atoms with Crippen molar-refractivity contribution in [1.29, 1.82) is 0 Å². The van der Waals surface area contributed by atoms with Gasteiger partial charge in [0.2, 0.25) is 0 Å². The standard InChI is InChI=1S/C14H27NO2/c1-3-17-13-8-12(15-9-11(2)10-16)14(13)6-4-5-7-14/h11-13,15-16H,3-10H2,1-2H3. The summed E-state index contributed by atoms with van der Waals surface area (Å²) in [5.41, 5.74) is 0.422. The molecule has 2 aliphatic carbocycles. The van der Waals surface area contributed by atoms with E-state index in [0.717, 1.165) is 19.6 Å². The third kappa shape index (κ3) is 2.51. The van der Waals surface area contributed by atoms with E-state index in [9.17, 15) is 0 Å². The van der Waals surface area contributed by atoms with Crippen molar-refractivity contribution in [3.8, 4) is 0 Å². The Hall–Kier alpha value is -0.120. The van der Waals surface area contributed by atoms with Gasteiger partial charge in [-0.15, -0.1) is 0 Å². The molecule has 17 heavy (non-hydrogen) atoms. The Morgan fingerprint density at radius 3 is 2.71 bits per heavy atom. The van der Waals surface area contributed by atoms with Crippen LogP contribution >= 0.6 is 0 Å². The number of hydrogen-bond donors (Lipinski definition) is 2. The number of ether oxygens (including phenoxy) is 1. The average molecular weight is 241 g/mol. The SMILES string of the molecule is CCOC1CC(NCC(C)CO)C12CCCC2. The van der Waals surface area contributed by atoms with Crippen LogP contribution < -0.4 is 5.32 Å². The highest BCUT2D eigenvalue weighted by Gasteiger charge is 2.56. The van der Waals surface area contributed by atoms with Crippen LogP contribution in [0.3, 0.4) is 0 Å². The predicted molar refractivity (Wildman–Crippen MR) is 69.0 cm³/mol. The van der Waals surface area contributed by atoms with Crippen LogP contribution in [0.4, 0.5) is 0 Å². The van der Waals surface area contributed by atoms with Crippen molar-refractivity contribution < 1.29 is 9.84 Å². The molecule has 0 aromatic rings. The van der Waals surface area contributed by atoms with Gasteiger partial charge < -0.3 is 15.2 Å². The monoisotopic (exact) mass is 241 g/mol. The lowest BCUT2D eigenvalue weighted by atomic mass is 9.60. The second-order valence-corrected chi connectivity index (χ2v) is 5.87. The van der Waals surface area contributed by atoms with Crippen molar-refractivity contribution in [3.63, 3.8) is 0 Å². The van der Waals surface area contributed by atoms with Gasteiger partial charge in [-0.2, -0.15) is 0 Å². The van der Waals surface area contributed by atoms with Crippen LogP contribution in [-0.4, -0.2) is 37.0 Å². The van der Waals surface area contributed by atoms with E-state index in [4.69, 9.17) is 9.84 Å². The Balaban J connectivity index is 1.87. The molecular formula is C14H27NO2. The molecule has 0 aliphatic heterocycles. The summed E-state index contributed by atoms with van der Waals surface area (Å²) in [5.74, 6) is 0.361. The van der Waals surface area contributed by atoms with Crippen molar-refractivity contribution in [2.45, 2.75) is 58.1 Å². The van der Waals surface area contributed by atoms with Gasteiger partial charge in [-0.25, -0.2) is 0 Å². The summed E-state index contributed by atoms with van der Waals surface area (Å²) >= 11 is 0. The largest absolute Gasteiger partial charge is 0.396 e. The van der Waals surface area contributed by atoms with Gasteiger partial charge in [-0.05, 0) is 32.1 Å². The molecule has 3 heteroatoms. The van der Waals surface area contributed by atoms with E-state index >= 15 is 0 Å². The van der Waals surface area contributed by atoms with Crippen LogP contribution in [0.2, 0.25) is 0 Å². The van der Waals surface area contributed by atoms with Crippen LogP contribution in [0.25, 0.3) is 0 Å². The van der Waals surface area contributed by atoms with Crippen molar-refractivity contribution in [1.82, 2.24) is 5.32 Å². The van der Waals surface area contributed by atoms with Gasteiger partial charge in [0.15, 0.2) is 0 Å². The molecule has 3 unspecified atom stereocenters. The van der Waals surface area contributed by atoms with E-state index < -0.39 is 0 Å². The molecule has 0 amide bonds. The van der Waals surface area contributed by atoms with E-state index in [-0.39, 0.29) is 6.61 Å². The van der Waals surface area contributed by atoms with Gasteiger partial charge in [0.05, 0.1) is 6.10 Å². The summed E-state index contributed by atoms with van der Waals surface area (Å²) in [4.78, 5) is 0. The minimum absolute atomic E-state index is 0.279. The van der Waals surface area contributed by atoms with Crippen LogP contribution in [0.15, 0.2) is 0 Å². The molecule has 1 spiro atoms. The molecule has 100 valence electrons. The number of aliphatic hydroxyl groups is 1. The van der Waals surface area contributed by atoms with Crippen LogP contribution in [-0.2, 0) is 4.74 Å². The minimum Gasteiger partial charge on any atom is -0.396 e. The zero-order valence-electron chi connectivity index (χ0n) is 11.2. The molecule has 0 aromatic heterocycles. The summed E-state index contributed by atoms with van der Waals surface area (Å²) in [5, 5.41) is 12.7. The second-order valence-electron chi connectivity index (χ2n) is 5.87. The highest BCUT2D eigenvalue weighted by molar-refractivity contribution is 5.09. The predicted octanol–water partition coefficient (Wildman–Crippen LogP) is 1.94. The Labute approximate surface area is 105 Å². The lowest BCUT2D eigenvalue weighted by Gasteiger charge is -2.54. The number of nitrogens with one attached hydrogen (secondary N) is 1. The topological polar surface area (TPSA) is 41.5 Å². The summed E-state index contributed by atoms with van der Waals surface area (Å²) in [6.07, 6.45) is 7.00. The fourth-order valence-corrected chi connectivity index (χ4v) is 3.58. The fourth-order valence-electron chi connectivity index (χ4n) is 3.58. The molecule has 3 nitrogen and oxygen atoms in total. The van der Waals surface area contributed by atoms with Gasteiger partial charge in [-0.1, -0.05) is 19.8 Å². The van der Waals surface area contributed by atoms with Gasteiger partial charge in [0, 0.05) is 31.2 Å². The van der Waals surface area contributed by atoms with Crippen LogP contribution in [0.1, 0.15) is 46.0 Å². The molecule has 0 aromatic carbocycles. The molecule has 2 rings (SSSR count). The van der Waals surface area contributed by atoms with Gasteiger partial charge in [0.25, 0.3) is 0 Å². The molecule has 2 N–H and O–H groups in total. The fraction of sp³-hybridized carbons (Fsp3) is 1.00. The first-order chi connectivity index (χ1) is 8.23. The molecule has 0 radical (unpaired) electrons. The smallest absolute Gasteiger partial charge is 0.0661 e. The molecule has 2 saturated carbocycles. The quantitative estimate of drug-likeness (QED) is 0.747. The van der Waals surface area contributed by atoms with Crippen molar-refractivity contribution in [2.75, 3.05) is 19.8 Å². The normalized spacial score (nSPS) is 32.6. The Morgan fingerprint density at radius 2 is 2.12 bits per heavy atom. The zero-order chi connectivity index (χ0) is 12.3. The van der Waals surface area contributed by atoms with Crippen LogP contribution in [0.5, 0.6) is 0 Å². The van der Waals surface area contributed by atoms with E-state index in [1.165, 1.54) is 25.7 Å². The van der Waals surface area contributed by atoms with E-state index in [0.29, 0.717) is 23.5 Å². The lowest BCUT2D eigenvalue weighted by molar-refractivity contribution is -0.130. The molecular weight excluding hydrogens is 214 g/mol. The van der Waals surface area contributed by atoms with Gasteiger partial charge in [-0.3, -0.25) is 0 Å². The first-order valence-corrected chi connectivity index (χ1v) is 7.18. The molecule has 2 fully saturated rings. The van der Waals surface area contributed by atoms with E-state index in [1.54, 1.807) is 0 Å². The van der Waals surface area contributed by atoms with Crippen molar-refractivity contribution in [2.24, 2.45) is 11.3 Å². The molecule has 0 saturated heterocycles. The summed E-state index contributed by atoms with van der Waals surface area (Å²) in [6.45, 7) is 6.24. The minimum atomic E-state index is 0.279. The van der Waals surface area contributed by atoms with E-state index in [2.05, 4.69) is 19.2 Å². The highest BCUT2D eigenvalue weighted by atomic mass is 16.5. The lowest BCUT2D eigenvalue weighted by Crippen LogP contribution is -2.63. The number of aliphatic hydroxyl groups excluding tert-OH is 1. The van der Waals surface area contributed by atoms with E-state index in [1.807, 2.05) is 0 Å². The molecule has 3 atom stereocenters. The number of rotatable bonds is 6. The third-order valence-corrected chi connectivity index (χ3v) is 4.71. The maximum Gasteiger partial charge on any atom is 0.0661 e. The molecule has 0 bridgehead atoms. The maximum absolute atomic E-state index is 9.07. The Bertz CT molecular complexity index is 238. The zero-order valence-corrected chi connectivity index (χ0v) is 11.2. The Morgan fingerprint density at radius 1 is 1.41 bits per heavy atom.